The van der Waals surface area contributed by atoms with Gasteiger partial charge in [-0.05, 0) is 26.8 Å². The second kappa shape index (κ2) is 5.78. The van der Waals surface area contributed by atoms with E-state index in [2.05, 4.69) is 5.32 Å². The van der Waals surface area contributed by atoms with E-state index in [1.807, 2.05) is 26.8 Å². The summed E-state index contributed by atoms with van der Waals surface area (Å²) in [5, 5.41) is 11.9. The van der Waals surface area contributed by atoms with E-state index in [4.69, 9.17) is 9.52 Å². The number of carboxylic acids is 1. The van der Waals surface area contributed by atoms with Crippen LogP contribution in [-0.2, 0) is 4.79 Å². The topological polar surface area (TPSA) is 82.8 Å². The van der Waals surface area contributed by atoms with Gasteiger partial charge in [-0.2, -0.15) is 0 Å². The van der Waals surface area contributed by atoms with Gasteiger partial charge in [-0.1, -0.05) is 0 Å². The average molecular weight is 298 g/mol. The molecule has 110 valence electrons. The maximum atomic E-state index is 12.2. The molecule has 1 aliphatic rings. The molecule has 0 aliphatic carbocycles. The van der Waals surface area contributed by atoms with Crippen LogP contribution < -0.4 is 5.32 Å². The molecule has 2 heterocycles. The van der Waals surface area contributed by atoms with Crippen molar-refractivity contribution >= 4 is 23.8 Å². The number of furan rings is 1. The van der Waals surface area contributed by atoms with Gasteiger partial charge in [-0.25, -0.2) is 9.59 Å². The second-order valence-corrected chi connectivity index (χ2v) is 5.86. The monoisotopic (exact) mass is 298 g/mol. The summed E-state index contributed by atoms with van der Waals surface area (Å²) in [4.78, 5) is 24.6. The molecule has 1 aromatic rings. The third kappa shape index (κ3) is 2.92. The minimum atomic E-state index is -0.965. The molecular weight excluding hydrogens is 280 g/mol. The quantitative estimate of drug-likeness (QED) is 0.893. The molecule has 1 fully saturated rings. The second-order valence-electron chi connectivity index (χ2n) is 4.86. The highest BCUT2D eigenvalue weighted by molar-refractivity contribution is 7.99. The van der Waals surface area contributed by atoms with Crippen molar-refractivity contribution < 1.29 is 19.1 Å². The Bertz CT molecular complexity index is 528. The highest BCUT2D eigenvalue weighted by Gasteiger charge is 2.35. The van der Waals surface area contributed by atoms with E-state index in [-0.39, 0.29) is 12.1 Å². The van der Waals surface area contributed by atoms with Crippen LogP contribution in [0.2, 0.25) is 0 Å². The molecule has 0 aromatic carbocycles. The zero-order chi connectivity index (χ0) is 14.9. The number of aryl methyl sites for hydroxylation is 2. The van der Waals surface area contributed by atoms with Crippen LogP contribution in [0.25, 0.3) is 0 Å². The normalized spacial score (nSPS) is 19.9. The number of thioether (sulfide) groups is 1. The number of carboxylic acid groups (broad SMARTS) is 1. The first-order chi connectivity index (χ1) is 9.40. The first kappa shape index (κ1) is 14.8. The number of carbonyl (C=O) groups excluding carboxylic acids is 1. The molecule has 20 heavy (non-hydrogen) atoms. The van der Waals surface area contributed by atoms with E-state index >= 15 is 0 Å². The fourth-order valence-corrected chi connectivity index (χ4v) is 3.42. The third-order valence-corrected chi connectivity index (χ3v) is 4.33. The average Bonchev–Trinajstić information content (AvgIpc) is 2.95. The number of hydrogen-bond donors (Lipinski definition) is 2. The molecule has 1 aromatic heterocycles. The van der Waals surface area contributed by atoms with Crippen molar-refractivity contribution in [3.05, 3.63) is 23.2 Å². The number of urea groups is 1. The first-order valence-electron chi connectivity index (χ1n) is 6.34. The van der Waals surface area contributed by atoms with Crippen molar-refractivity contribution in [3.63, 3.8) is 0 Å². The van der Waals surface area contributed by atoms with Crippen molar-refractivity contribution in [2.24, 2.45) is 0 Å². The summed E-state index contributed by atoms with van der Waals surface area (Å²) in [5.74, 6) is 1.42. The van der Waals surface area contributed by atoms with Gasteiger partial charge in [0.2, 0.25) is 0 Å². The molecule has 0 radical (unpaired) electrons. The van der Waals surface area contributed by atoms with Gasteiger partial charge in [0, 0.05) is 11.3 Å². The molecule has 0 spiro atoms. The maximum absolute atomic E-state index is 12.2. The number of carbonyl (C=O) groups is 2. The summed E-state index contributed by atoms with van der Waals surface area (Å²) in [6.07, 6.45) is 0. The molecule has 6 nitrogen and oxygen atoms in total. The van der Waals surface area contributed by atoms with Crippen LogP contribution in [0, 0.1) is 13.8 Å². The predicted molar refractivity (Wildman–Crippen MR) is 75.7 cm³/mol. The van der Waals surface area contributed by atoms with Crippen LogP contribution >= 0.6 is 11.8 Å². The summed E-state index contributed by atoms with van der Waals surface area (Å²) in [5.41, 5.74) is 0.912. The Balaban J connectivity index is 2.04. The van der Waals surface area contributed by atoms with Gasteiger partial charge in [0.15, 0.2) is 0 Å². The predicted octanol–water partition coefficient (Wildman–Crippen LogP) is 2.13. The summed E-state index contributed by atoms with van der Waals surface area (Å²) in [6.45, 7) is 5.55. The van der Waals surface area contributed by atoms with Gasteiger partial charge < -0.3 is 19.7 Å². The highest BCUT2D eigenvalue weighted by atomic mass is 32.2. The summed E-state index contributed by atoms with van der Waals surface area (Å²) < 4.78 is 5.44. The third-order valence-electron chi connectivity index (χ3n) is 3.31. The van der Waals surface area contributed by atoms with Crippen LogP contribution in [0.1, 0.15) is 30.0 Å². The van der Waals surface area contributed by atoms with Crippen LogP contribution in [0.15, 0.2) is 10.5 Å². The number of amides is 2. The lowest BCUT2D eigenvalue weighted by Crippen LogP contribution is -2.47. The molecule has 2 rings (SSSR count). The Kier molecular flexibility index (Phi) is 4.27. The Morgan fingerprint density at radius 3 is 2.80 bits per heavy atom. The van der Waals surface area contributed by atoms with E-state index in [1.54, 1.807) is 0 Å². The Morgan fingerprint density at radius 1 is 1.55 bits per heavy atom. The zero-order valence-electron chi connectivity index (χ0n) is 11.7. The lowest BCUT2D eigenvalue weighted by molar-refractivity contribution is -0.140. The summed E-state index contributed by atoms with van der Waals surface area (Å²) in [6, 6.07) is 0.556. The Labute approximate surface area is 121 Å². The standard InChI is InChI=1S/C13H18N2O4S/c1-7-4-10(9(3)19-7)8(2)14-13(18)15-6-20-5-11(15)12(16)17/h4,8,11H,5-6H2,1-3H3,(H,14,18)(H,16,17)/t8?,11-/m0/s1. The van der Waals surface area contributed by atoms with Crippen molar-refractivity contribution in [3.8, 4) is 0 Å². The minimum Gasteiger partial charge on any atom is -0.480 e. The van der Waals surface area contributed by atoms with Gasteiger partial charge in [0.1, 0.15) is 17.6 Å². The Morgan fingerprint density at radius 2 is 2.25 bits per heavy atom. The van der Waals surface area contributed by atoms with Crippen molar-refractivity contribution in [1.82, 2.24) is 10.2 Å². The number of rotatable bonds is 3. The fraction of sp³-hybridized carbons (Fsp3) is 0.538. The summed E-state index contributed by atoms with van der Waals surface area (Å²) >= 11 is 1.44. The number of hydrogen-bond acceptors (Lipinski definition) is 4. The first-order valence-corrected chi connectivity index (χ1v) is 7.50. The van der Waals surface area contributed by atoms with E-state index in [0.29, 0.717) is 11.6 Å². The van der Waals surface area contributed by atoms with Crippen LogP contribution in [0.4, 0.5) is 4.79 Å². The van der Waals surface area contributed by atoms with Crippen LogP contribution in [0.3, 0.4) is 0 Å². The van der Waals surface area contributed by atoms with E-state index in [0.717, 1.165) is 17.1 Å². The van der Waals surface area contributed by atoms with Gasteiger partial charge in [-0.3, -0.25) is 0 Å². The van der Waals surface area contributed by atoms with Gasteiger partial charge >= 0.3 is 12.0 Å². The molecule has 0 bridgehead atoms. The number of nitrogens with one attached hydrogen (secondary N) is 1. The lowest BCUT2D eigenvalue weighted by Gasteiger charge is -2.23. The molecule has 1 saturated heterocycles. The van der Waals surface area contributed by atoms with Crippen LogP contribution in [0.5, 0.6) is 0 Å². The van der Waals surface area contributed by atoms with Crippen molar-refractivity contribution in [2.45, 2.75) is 32.9 Å². The zero-order valence-corrected chi connectivity index (χ0v) is 12.5. The van der Waals surface area contributed by atoms with Crippen LogP contribution in [-0.4, -0.2) is 39.7 Å². The molecule has 7 heteroatoms. The molecule has 2 atom stereocenters. The molecule has 1 aliphatic heterocycles. The molecule has 2 amide bonds. The van der Waals surface area contributed by atoms with Crippen molar-refractivity contribution in [1.29, 1.82) is 0 Å². The lowest BCUT2D eigenvalue weighted by atomic mass is 10.1. The molecule has 2 N–H and O–H groups in total. The van der Waals surface area contributed by atoms with E-state index in [9.17, 15) is 9.59 Å². The molecular formula is C13H18N2O4S. The fourth-order valence-electron chi connectivity index (χ4n) is 2.27. The Hall–Kier alpha value is -1.63. The van der Waals surface area contributed by atoms with Gasteiger partial charge in [0.05, 0.1) is 11.9 Å². The molecule has 1 unspecified atom stereocenters. The highest BCUT2D eigenvalue weighted by Crippen LogP contribution is 2.24. The smallest absolute Gasteiger partial charge is 0.327 e. The van der Waals surface area contributed by atoms with Gasteiger partial charge in [0.25, 0.3) is 0 Å². The minimum absolute atomic E-state index is 0.222. The number of aliphatic carboxylic acids is 1. The van der Waals surface area contributed by atoms with E-state index in [1.165, 1.54) is 16.7 Å². The largest absolute Gasteiger partial charge is 0.480 e. The number of nitrogens with zero attached hydrogens (tertiary/aromatic N) is 1. The van der Waals surface area contributed by atoms with E-state index < -0.39 is 12.0 Å². The SMILES string of the molecule is Cc1cc(C(C)NC(=O)N2CSC[C@H]2C(=O)O)c(C)o1. The van der Waals surface area contributed by atoms with Crippen molar-refractivity contribution in [2.75, 3.05) is 11.6 Å². The summed E-state index contributed by atoms with van der Waals surface area (Å²) in [7, 11) is 0. The van der Waals surface area contributed by atoms with Gasteiger partial charge in [-0.15, -0.1) is 11.8 Å². The molecule has 0 saturated carbocycles. The maximum Gasteiger partial charge on any atom is 0.327 e.